The van der Waals surface area contributed by atoms with Crippen LogP contribution in [0.2, 0.25) is 0 Å². The van der Waals surface area contributed by atoms with Gasteiger partial charge in [-0.2, -0.15) is 23.5 Å². The van der Waals surface area contributed by atoms with Crippen molar-refractivity contribution in [3.05, 3.63) is 35.6 Å². The molecule has 1 aromatic carbocycles. The summed E-state index contributed by atoms with van der Waals surface area (Å²) in [5, 5.41) is 6.67. The van der Waals surface area contributed by atoms with Crippen LogP contribution < -0.4 is 5.32 Å². The Balaban J connectivity index is 1.87. The van der Waals surface area contributed by atoms with Gasteiger partial charge in [-0.25, -0.2) is 0 Å². The van der Waals surface area contributed by atoms with Crippen molar-refractivity contribution < 1.29 is 4.42 Å². The summed E-state index contributed by atoms with van der Waals surface area (Å²) in [7, 11) is 2.04. The number of rotatable bonds is 3. The molecular formula is C17H23NOS2. The Hall–Kier alpha value is -0.580. The standard InChI is InChI=1S/C17H23NOS2/c1-10-5-6-14-13(7-10)8-15(19-14)17(18-4)16-9-20-11(2)12(3)21-16/h5-8,11-12,16-18H,9H2,1-4H3. The van der Waals surface area contributed by atoms with Gasteiger partial charge in [0.2, 0.25) is 0 Å². The Labute approximate surface area is 135 Å². The van der Waals surface area contributed by atoms with Crippen LogP contribution >= 0.6 is 23.5 Å². The van der Waals surface area contributed by atoms with Gasteiger partial charge in [-0.1, -0.05) is 25.5 Å². The van der Waals surface area contributed by atoms with Gasteiger partial charge in [0.25, 0.3) is 0 Å². The first-order valence-corrected chi connectivity index (χ1v) is 9.52. The normalized spacial score (nSPS) is 27.9. The molecule has 21 heavy (non-hydrogen) atoms. The Morgan fingerprint density at radius 2 is 2.05 bits per heavy atom. The minimum atomic E-state index is 0.283. The zero-order valence-electron chi connectivity index (χ0n) is 13.1. The molecule has 0 spiro atoms. The van der Waals surface area contributed by atoms with Gasteiger partial charge in [0.15, 0.2) is 0 Å². The van der Waals surface area contributed by atoms with E-state index in [2.05, 4.69) is 73.9 Å². The molecule has 4 unspecified atom stereocenters. The summed E-state index contributed by atoms with van der Waals surface area (Å²) >= 11 is 4.17. The van der Waals surface area contributed by atoms with Gasteiger partial charge < -0.3 is 9.73 Å². The van der Waals surface area contributed by atoms with Gasteiger partial charge in [0.05, 0.1) is 6.04 Å². The maximum atomic E-state index is 6.11. The molecule has 1 aliphatic rings. The quantitative estimate of drug-likeness (QED) is 0.891. The molecule has 0 radical (unpaired) electrons. The molecule has 0 bridgehead atoms. The van der Waals surface area contributed by atoms with Crippen LogP contribution in [-0.2, 0) is 0 Å². The molecule has 2 aromatic rings. The molecule has 1 aliphatic heterocycles. The topological polar surface area (TPSA) is 25.2 Å². The van der Waals surface area contributed by atoms with Gasteiger partial charge in [-0.15, -0.1) is 0 Å². The number of fused-ring (bicyclic) bond motifs is 1. The maximum Gasteiger partial charge on any atom is 0.134 e. The summed E-state index contributed by atoms with van der Waals surface area (Å²) in [5.41, 5.74) is 2.27. The Morgan fingerprint density at radius 1 is 1.24 bits per heavy atom. The van der Waals surface area contributed by atoms with E-state index in [9.17, 15) is 0 Å². The SMILES string of the molecule is CNC(c1cc2cc(C)ccc2o1)C1CSC(C)C(C)S1. The Kier molecular flexibility index (Phi) is 4.57. The lowest BCUT2D eigenvalue weighted by atomic mass is 10.1. The zero-order valence-corrected chi connectivity index (χ0v) is 14.7. The Morgan fingerprint density at radius 3 is 2.76 bits per heavy atom. The van der Waals surface area contributed by atoms with Crippen molar-refractivity contribution in [2.24, 2.45) is 0 Å². The number of thioether (sulfide) groups is 2. The summed E-state index contributed by atoms with van der Waals surface area (Å²) < 4.78 is 6.11. The summed E-state index contributed by atoms with van der Waals surface area (Å²) in [6.45, 7) is 6.79. The average molecular weight is 322 g/mol. The zero-order chi connectivity index (χ0) is 15.0. The fraction of sp³-hybridized carbons (Fsp3) is 0.529. The third-order valence-corrected chi connectivity index (χ3v) is 7.75. The van der Waals surface area contributed by atoms with Crippen molar-refractivity contribution in [3.63, 3.8) is 0 Å². The molecule has 1 aromatic heterocycles. The second-order valence-corrected chi connectivity index (χ2v) is 8.91. The lowest BCUT2D eigenvalue weighted by Crippen LogP contribution is -2.35. The van der Waals surface area contributed by atoms with E-state index in [1.807, 2.05) is 7.05 Å². The monoisotopic (exact) mass is 321 g/mol. The highest BCUT2D eigenvalue weighted by atomic mass is 32.2. The molecule has 2 heterocycles. The first kappa shape index (κ1) is 15.3. The van der Waals surface area contributed by atoms with Crippen molar-refractivity contribution in [2.45, 2.75) is 42.6 Å². The highest BCUT2D eigenvalue weighted by molar-refractivity contribution is 8.07. The Bertz CT molecular complexity index is 624. The fourth-order valence-corrected chi connectivity index (χ4v) is 5.97. The highest BCUT2D eigenvalue weighted by Crippen LogP contribution is 2.41. The molecule has 114 valence electrons. The molecule has 0 amide bonds. The molecule has 4 heteroatoms. The van der Waals surface area contributed by atoms with E-state index in [1.165, 1.54) is 16.7 Å². The van der Waals surface area contributed by atoms with Crippen LogP contribution in [0.15, 0.2) is 28.7 Å². The lowest BCUT2D eigenvalue weighted by Gasteiger charge is -2.35. The second-order valence-electron chi connectivity index (χ2n) is 5.87. The van der Waals surface area contributed by atoms with Crippen molar-refractivity contribution in [2.75, 3.05) is 12.8 Å². The summed E-state index contributed by atoms with van der Waals surface area (Å²) in [4.78, 5) is 0. The van der Waals surface area contributed by atoms with Crippen LogP contribution in [0, 0.1) is 6.92 Å². The predicted molar refractivity (Wildman–Crippen MR) is 95.5 cm³/mol. The summed E-state index contributed by atoms with van der Waals surface area (Å²) in [6.07, 6.45) is 0. The maximum absolute atomic E-state index is 6.11. The van der Waals surface area contributed by atoms with E-state index in [4.69, 9.17) is 4.42 Å². The first-order valence-electron chi connectivity index (χ1n) is 7.53. The molecule has 4 atom stereocenters. The van der Waals surface area contributed by atoms with E-state index >= 15 is 0 Å². The van der Waals surface area contributed by atoms with Gasteiger partial charge in [0, 0.05) is 26.9 Å². The third kappa shape index (κ3) is 3.13. The number of nitrogens with one attached hydrogen (secondary N) is 1. The van der Waals surface area contributed by atoms with Crippen LogP contribution in [0.4, 0.5) is 0 Å². The second kappa shape index (κ2) is 6.27. The van der Waals surface area contributed by atoms with Crippen molar-refractivity contribution >= 4 is 34.5 Å². The highest BCUT2D eigenvalue weighted by Gasteiger charge is 2.33. The van der Waals surface area contributed by atoms with Gasteiger partial charge in [-0.05, 0) is 32.2 Å². The largest absolute Gasteiger partial charge is 0.459 e. The van der Waals surface area contributed by atoms with Crippen LogP contribution in [0.25, 0.3) is 11.0 Å². The molecule has 1 fully saturated rings. The molecular weight excluding hydrogens is 298 g/mol. The van der Waals surface area contributed by atoms with Gasteiger partial charge >= 0.3 is 0 Å². The van der Waals surface area contributed by atoms with Crippen molar-refractivity contribution in [3.8, 4) is 0 Å². The number of benzene rings is 1. The van der Waals surface area contributed by atoms with Crippen LogP contribution in [0.5, 0.6) is 0 Å². The van der Waals surface area contributed by atoms with E-state index in [1.54, 1.807) is 0 Å². The number of hydrogen-bond acceptors (Lipinski definition) is 4. The fourth-order valence-electron chi connectivity index (χ4n) is 2.83. The molecule has 0 saturated carbocycles. The summed E-state index contributed by atoms with van der Waals surface area (Å²) in [6, 6.07) is 8.87. The molecule has 1 N–H and O–H groups in total. The summed E-state index contributed by atoms with van der Waals surface area (Å²) in [5.74, 6) is 2.25. The van der Waals surface area contributed by atoms with Crippen molar-refractivity contribution in [1.29, 1.82) is 0 Å². The number of hydrogen-bond donors (Lipinski definition) is 1. The van der Waals surface area contributed by atoms with E-state index in [0.717, 1.165) is 16.6 Å². The van der Waals surface area contributed by atoms with Crippen LogP contribution in [0.1, 0.15) is 31.2 Å². The number of furan rings is 1. The predicted octanol–water partition coefficient (Wildman–Crippen LogP) is 4.63. The van der Waals surface area contributed by atoms with E-state index in [-0.39, 0.29) is 6.04 Å². The smallest absolute Gasteiger partial charge is 0.134 e. The lowest BCUT2D eigenvalue weighted by molar-refractivity contribution is 0.451. The van der Waals surface area contributed by atoms with E-state index in [0.29, 0.717) is 10.5 Å². The first-order chi connectivity index (χ1) is 10.1. The molecule has 1 saturated heterocycles. The molecule has 3 rings (SSSR count). The molecule has 2 nitrogen and oxygen atoms in total. The van der Waals surface area contributed by atoms with Gasteiger partial charge in [0.1, 0.15) is 11.3 Å². The minimum absolute atomic E-state index is 0.283. The number of aryl methyl sites for hydroxylation is 1. The average Bonchev–Trinajstić information content (AvgIpc) is 2.86. The third-order valence-electron chi connectivity index (χ3n) is 4.25. The van der Waals surface area contributed by atoms with Crippen molar-refractivity contribution in [1.82, 2.24) is 5.32 Å². The minimum Gasteiger partial charge on any atom is -0.459 e. The molecule has 0 aliphatic carbocycles. The van der Waals surface area contributed by atoms with Crippen LogP contribution in [0.3, 0.4) is 0 Å². The van der Waals surface area contributed by atoms with Crippen LogP contribution in [-0.4, -0.2) is 28.6 Å². The van der Waals surface area contributed by atoms with Gasteiger partial charge in [-0.3, -0.25) is 0 Å². The van der Waals surface area contributed by atoms with E-state index < -0.39 is 0 Å².